The van der Waals surface area contributed by atoms with Crippen molar-refractivity contribution in [1.82, 2.24) is 5.32 Å². The summed E-state index contributed by atoms with van der Waals surface area (Å²) in [5, 5.41) is 11.6. The van der Waals surface area contributed by atoms with Gasteiger partial charge in [0.05, 0.1) is 12.5 Å². The van der Waals surface area contributed by atoms with Gasteiger partial charge in [-0.05, 0) is 18.8 Å². The zero-order chi connectivity index (χ0) is 10.4. The van der Waals surface area contributed by atoms with Crippen LogP contribution >= 0.6 is 0 Å². The van der Waals surface area contributed by atoms with Gasteiger partial charge in [-0.25, -0.2) is 0 Å². The predicted octanol–water partition coefficient (Wildman–Crippen LogP) is 0.158. The van der Waals surface area contributed by atoms with E-state index in [1.165, 1.54) is 0 Å². The number of amides is 1. The number of carbonyl (C=O) groups is 1. The zero-order valence-corrected chi connectivity index (χ0v) is 8.66. The molecule has 1 amide bonds. The first-order valence-corrected chi connectivity index (χ1v) is 5.20. The van der Waals surface area contributed by atoms with Gasteiger partial charge in [0, 0.05) is 19.8 Å². The van der Waals surface area contributed by atoms with Crippen LogP contribution in [0.5, 0.6) is 0 Å². The van der Waals surface area contributed by atoms with Crippen molar-refractivity contribution in [2.75, 3.05) is 26.4 Å². The summed E-state index contributed by atoms with van der Waals surface area (Å²) in [6, 6.07) is 0. The largest absolute Gasteiger partial charge is 0.396 e. The lowest BCUT2D eigenvalue weighted by Gasteiger charge is -2.21. The lowest BCUT2D eigenvalue weighted by molar-refractivity contribution is -0.129. The van der Waals surface area contributed by atoms with Crippen molar-refractivity contribution < 1.29 is 14.6 Å². The van der Waals surface area contributed by atoms with E-state index in [0.29, 0.717) is 13.2 Å². The summed E-state index contributed by atoms with van der Waals surface area (Å²) >= 11 is 0. The minimum Gasteiger partial charge on any atom is -0.396 e. The molecule has 0 saturated carbocycles. The minimum absolute atomic E-state index is 0.00893. The monoisotopic (exact) mass is 201 g/mol. The van der Waals surface area contributed by atoms with E-state index < -0.39 is 0 Å². The van der Waals surface area contributed by atoms with Gasteiger partial charge in [0.15, 0.2) is 0 Å². The van der Waals surface area contributed by atoms with Crippen LogP contribution in [0.15, 0.2) is 0 Å². The van der Waals surface area contributed by atoms with E-state index in [0.717, 1.165) is 19.4 Å². The normalized spacial score (nSPS) is 24.3. The first kappa shape index (κ1) is 11.5. The maximum atomic E-state index is 11.5. The molecule has 1 aliphatic rings. The van der Waals surface area contributed by atoms with Gasteiger partial charge in [-0.1, -0.05) is 6.92 Å². The standard InChI is InChI=1S/C10H19NO3/c1-8(6-12)5-11-10(13)9-3-2-4-14-7-9/h8-9,12H,2-7H2,1H3,(H,11,13). The fraction of sp³-hybridized carbons (Fsp3) is 0.900. The van der Waals surface area contributed by atoms with Crippen LogP contribution in [-0.4, -0.2) is 37.4 Å². The lowest BCUT2D eigenvalue weighted by atomic mass is 10.0. The molecule has 0 radical (unpaired) electrons. The van der Waals surface area contributed by atoms with Crippen molar-refractivity contribution in [3.8, 4) is 0 Å². The Morgan fingerprint density at radius 3 is 3.07 bits per heavy atom. The lowest BCUT2D eigenvalue weighted by Crippen LogP contribution is -2.38. The molecule has 0 aromatic rings. The Balaban J connectivity index is 2.19. The van der Waals surface area contributed by atoms with Gasteiger partial charge in [0.1, 0.15) is 0 Å². The van der Waals surface area contributed by atoms with Gasteiger partial charge in [0.2, 0.25) is 5.91 Å². The Morgan fingerprint density at radius 1 is 1.71 bits per heavy atom. The number of aliphatic hydroxyl groups excluding tert-OH is 1. The van der Waals surface area contributed by atoms with E-state index in [2.05, 4.69) is 5.32 Å². The number of hydrogen-bond donors (Lipinski definition) is 2. The molecule has 1 saturated heterocycles. The molecule has 1 aliphatic heterocycles. The highest BCUT2D eigenvalue weighted by Gasteiger charge is 2.21. The summed E-state index contributed by atoms with van der Waals surface area (Å²) < 4.78 is 5.23. The zero-order valence-electron chi connectivity index (χ0n) is 8.66. The molecule has 0 bridgehead atoms. The Kier molecular flexibility index (Phi) is 4.90. The van der Waals surface area contributed by atoms with E-state index >= 15 is 0 Å². The highest BCUT2D eigenvalue weighted by atomic mass is 16.5. The molecule has 0 aromatic heterocycles. The van der Waals surface area contributed by atoms with Crippen LogP contribution in [0.4, 0.5) is 0 Å². The van der Waals surface area contributed by atoms with E-state index in [-0.39, 0.29) is 24.3 Å². The molecule has 2 atom stereocenters. The third-order valence-electron chi connectivity index (χ3n) is 2.47. The summed E-state index contributed by atoms with van der Waals surface area (Å²) in [7, 11) is 0. The third-order valence-corrected chi connectivity index (χ3v) is 2.47. The molecule has 82 valence electrons. The van der Waals surface area contributed by atoms with Gasteiger partial charge < -0.3 is 15.2 Å². The van der Waals surface area contributed by atoms with Crippen molar-refractivity contribution in [3.63, 3.8) is 0 Å². The number of ether oxygens (including phenoxy) is 1. The molecule has 0 aliphatic carbocycles. The molecular weight excluding hydrogens is 182 g/mol. The summed E-state index contributed by atoms with van der Waals surface area (Å²) in [5.74, 6) is 0.197. The topological polar surface area (TPSA) is 58.6 Å². The summed E-state index contributed by atoms with van der Waals surface area (Å²) in [6.07, 6.45) is 1.88. The molecule has 0 spiro atoms. The average molecular weight is 201 g/mol. The quantitative estimate of drug-likeness (QED) is 0.681. The molecule has 1 fully saturated rings. The maximum absolute atomic E-state index is 11.5. The third kappa shape index (κ3) is 3.64. The summed E-state index contributed by atoms with van der Waals surface area (Å²) in [4.78, 5) is 11.5. The van der Waals surface area contributed by atoms with Crippen LogP contribution in [0.3, 0.4) is 0 Å². The second-order valence-corrected chi connectivity index (χ2v) is 3.95. The van der Waals surface area contributed by atoms with Crippen LogP contribution in [0.1, 0.15) is 19.8 Å². The molecule has 0 aromatic carbocycles. The SMILES string of the molecule is CC(CO)CNC(=O)C1CCCOC1. The van der Waals surface area contributed by atoms with Crippen LogP contribution in [0.25, 0.3) is 0 Å². The maximum Gasteiger partial charge on any atom is 0.225 e. The van der Waals surface area contributed by atoms with Crippen LogP contribution in [-0.2, 0) is 9.53 Å². The molecular formula is C10H19NO3. The summed E-state index contributed by atoms with van der Waals surface area (Å²) in [5.41, 5.74) is 0. The van der Waals surface area contributed by atoms with Crippen molar-refractivity contribution in [2.24, 2.45) is 11.8 Å². The number of nitrogens with one attached hydrogen (secondary N) is 1. The van der Waals surface area contributed by atoms with Gasteiger partial charge in [0.25, 0.3) is 0 Å². The Bertz CT molecular complexity index is 178. The van der Waals surface area contributed by atoms with E-state index in [9.17, 15) is 4.79 Å². The van der Waals surface area contributed by atoms with E-state index in [1.807, 2.05) is 6.92 Å². The first-order valence-electron chi connectivity index (χ1n) is 5.20. The van der Waals surface area contributed by atoms with Gasteiger partial charge in [-0.3, -0.25) is 4.79 Å². The Morgan fingerprint density at radius 2 is 2.50 bits per heavy atom. The van der Waals surface area contributed by atoms with Gasteiger partial charge in [-0.15, -0.1) is 0 Å². The van der Waals surface area contributed by atoms with Crippen molar-refractivity contribution in [2.45, 2.75) is 19.8 Å². The number of hydrogen-bond acceptors (Lipinski definition) is 3. The van der Waals surface area contributed by atoms with Crippen molar-refractivity contribution in [1.29, 1.82) is 0 Å². The molecule has 14 heavy (non-hydrogen) atoms. The Hall–Kier alpha value is -0.610. The van der Waals surface area contributed by atoms with Crippen LogP contribution < -0.4 is 5.32 Å². The fourth-order valence-electron chi connectivity index (χ4n) is 1.43. The second kappa shape index (κ2) is 5.98. The molecule has 2 N–H and O–H groups in total. The Labute approximate surface area is 84.6 Å². The first-order chi connectivity index (χ1) is 6.74. The average Bonchev–Trinajstić information content (AvgIpc) is 2.26. The number of carbonyl (C=O) groups excluding carboxylic acids is 1. The van der Waals surface area contributed by atoms with E-state index in [1.54, 1.807) is 0 Å². The number of aliphatic hydroxyl groups is 1. The highest BCUT2D eigenvalue weighted by molar-refractivity contribution is 5.78. The molecule has 1 rings (SSSR count). The number of rotatable bonds is 4. The minimum atomic E-state index is 0.00893. The van der Waals surface area contributed by atoms with Gasteiger partial charge in [-0.2, -0.15) is 0 Å². The van der Waals surface area contributed by atoms with Crippen LogP contribution in [0, 0.1) is 11.8 Å². The smallest absolute Gasteiger partial charge is 0.225 e. The molecule has 4 nitrogen and oxygen atoms in total. The van der Waals surface area contributed by atoms with E-state index in [4.69, 9.17) is 9.84 Å². The van der Waals surface area contributed by atoms with Gasteiger partial charge >= 0.3 is 0 Å². The van der Waals surface area contributed by atoms with Crippen molar-refractivity contribution >= 4 is 5.91 Å². The predicted molar refractivity (Wildman–Crippen MR) is 52.8 cm³/mol. The van der Waals surface area contributed by atoms with Crippen molar-refractivity contribution in [3.05, 3.63) is 0 Å². The fourth-order valence-corrected chi connectivity index (χ4v) is 1.43. The summed E-state index contributed by atoms with van der Waals surface area (Å²) in [6.45, 7) is 3.88. The molecule has 1 heterocycles. The second-order valence-electron chi connectivity index (χ2n) is 3.95. The highest BCUT2D eigenvalue weighted by Crippen LogP contribution is 2.13. The van der Waals surface area contributed by atoms with Crippen LogP contribution in [0.2, 0.25) is 0 Å². The molecule has 4 heteroatoms. The molecule has 2 unspecified atom stereocenters.